The molecule has 0 radical (unpaired) electrons. The van der Waals surface area contributed by atoms with Crippen molar-refractivity contribution in [2.24, 2.45) is 5.73 Å². The second kappa shape index (κ2) is 2.35. The van der Waals surface area contributed by atoms with E-state index in [2.05, 4.69) is 0 Å². The molecule has 1 atom stereocenters. The van der Waals surface area contributed by atoms with Crippen LogP contribution in [0.1, 0.15) is 11.6 Å². The molecule has 2 rings (SSSR count). The number of benzene rings is 1. The molecular weight excluding hydrogens is 159 g/mol. The van der Waals surface area contributed by atoms with Crippen LogP contribution in [0.5, 0.6) is 5.75 Å². The van der Waals surface area contributed by atoms with Gasteiger partial charge in [-0.05, 0) is 6.07 Å². The first-order valence-electron chi connectivity index (χ1n) is 3.66. The molecule has 1 heterocycles. The molecule has 1 unspecified atom stereocenters. The first-order valence-corrected chi connectivity index (χ1v) is 3.66. The van der Waals surface area contributed by atoms with Crippen molar-refractivity contribution in [2.75, 3.05) is 12.3 Å². The van der Waals surface area contributed by atoms with E-state index < -0.39 is 5.82 Å². The number of hydrogen-bond donors (Lipinski definition) is 2. The fraction of sp³-hybridized carbons (Fsp3) is 0.250. The van der Waals surface area contributed by atoms with E-state index in [1.807, 2.05) is 0 Å². The summed E-state index contributed by atoms with van der Waals surface area (Å²) in [6.45, 7) is 0.329. The van der Waals surface area contributed by atoms with Crippen LogP contribution < -0.4 is 16.2 Å². The molecule has 1 aliphatic heterocycles. The average molecular weight is 168 g/mol. The third kappa shape index (κ3) is 0.921. The summed E-state index contributed by atoms with van der Waals surface area (Å²) in [7, 11) is 0. The molecule has 64 valence electrons. The fourth-order valence-electron chi connectivity index (χ4n) is 1.33. The Kier molecular flexibility index (Phi) is 1.44. The molecule has 0 saturated heterocycles. The maximum atomic E-state index is 13.1. The number of anilines is 1. The van der Waals surface area contributed by atoms with Gasteiger partial charge in [-0.2, -0.15) is 0 Å². The van der Waals surface area contributed by atoms with Crippen LogP contribution in [-0.2, 0) is 0 Å². The highest BCUT2D eigenvalue weighted by atomic mass is 19.1. The third-order valence-corrected chi connectivity index (χ3v) is 1.90. The Morgan fingerprint density at radius 1 is 1.50 bits per heavy atom. The van der Waals surface area contributed by atoms with Gasteiger partial charge in [0.05, 0.1) is 6.04 Å². The Bertz CT molecular complexity index is 327. The fourth-order valence-corrected chi connectivity index (χ4v) is 1.33. The lowest BCUT2D eigenvalue weighted by Gasteiger charge is -2.02. The largest absolute Gasteiger partial charge is 0.488 e. The van der Waals surface area contributed by atoms with Crippen molar-refractivity contribution in [3.63, 3.8) is 0 Å². The van der Waals surface area contributed by atoms with Gasteiger partial charge in [0.2, 0.25) is 0 Å². The Labute approximate surface area is 69.1 Å². The number of halogens is 1. The summed E-state index contributed by atoms with van der Waals surface area (Å²) >= 11 is 0. The Morgan fingerprint density at radius 2 is 2.25 bits per heavy atom. The molecule has 0 aliphatic carbocycles. The van der Waals surface area contributed by atoms with Gasteiger partial charge in [0.25, 0.3) is 0 Å². The Balaban J connectivity index is 2.60. The van der Waals surface area contributed by atoms with Crippen molar-refractivity contribution in [3.8, 4) is 5.75 Å². The molecule has 4 N–H and O–H groups in total. The van der Waals surface area contributed by atoms with E-state index in [0.29, 0.717) is 17.9 Å². The second-order valence-corrected chi connectivity index (χ2v) is 2.84. The lowest BCUT2D eigenvalue weighted by molar-refractivity contribution is 0.319. The van der Waals surface area contributed by atoms with Crippen molar-refractivity contribution in [2.45, 2.75) is 6.04 Å². The maximum absolute atomic E-state index is 13.1. The van der Waals surface area contributed by atoms with Gasteiger partial charge in [-0.1, -0.05) is 0 Å². The van der Waals surface area contributed by atoms with E-state index >= 15 is 0 Å². The quantitative estimate of drug-likeness (QED) is 0.563. The van der Waals surface area contributed by atoms with Crippen LogP contribution >= 0.6 is 0 Å². The lowest BCUT2D eigenvalue weighted by Crippen LogP contribution is -2.10. The average Bonchev–Trinajstić information content (AvgIpc) is 2.33. The zero-order valence-corrected chi connectivity index (χ0v) is 6.38. The number of rotatable bonds is 0. The number of fused-ring (bicyclic) bond motifs is 1. The zero-order chi connectivity index (χ0) is 8.72. The molecule has 12 heavy (non-hydrogen) atoms. The van der Waals surface area contributed by atoms with Gasteiger partial charge < -0.3 is 16.2 Å². The van der Waals surface area contributed by atoms with Crippen LogP contribution in [-0.4, -0.2) is 6.61 Å². The highest BCUT2D eigenvalue weighted by Gasteiger charge is 2.24. The standard InChI is InChI=1S/C8H9FN2O/c9-6-2-4(10)1-5-7(11)3-12-8(5)6/h1-2,7H,3,10-11H2. The number of nitrogen functional groups attached to an aromatic ring is 1. The van der Waals surface area contributed by atoms with Crippen molar-refractivity contribution in [1.82, 2.24) is 0 Å². The first-order chi connectivity index (χ1) is 5.68. The van der Waals surface area contributed by atoms with Crippen molar-refractivity contribution in [1.29, 1.82) is 0 Å². The van der Waals surface area contributed by atoms with E-state index in [1.165, 1.54) is 6.07 Å². The van der Waals surface area contributed by atoms with Gasteiger partial charge in [-0.15, -0.1) is 0 Å². The van der Waals surface area contributed by atoms with Crippen LogP contribution in [0.25, 0.3) is 0 Å². The van der Waals surface area contributed by atoms with Gasteiger partial charge in [0.15, 0.2) is 11.6 Å². The van der Waals surface area contributed by atoms with Crippen molar-refractivity contribution >= 4 is 5.69 Å². The van der Waals surface area contributed by atoms with Crippen LogP contribution in [0, 0.1) is 5.82 Å². The summed E-state index contributed by atoms with van der Waals surface area (Å²) in [5, 5.41) is 0. The van der Waals surface area contributed by atoms with Crippen molar-refractivity contribution in [3.05, 3.63) is 23.5 Å². The number of hydrogen-bond acceptors (Lipinski definition) is 3. The van der Waals surface area contributed by atoms with Gasteiger partial charge in [-0.3, -0.25) is 0 Å². The van der Waals surface area contributed by atoms with Gasteiger partial charge in [0, 0.05) is 17.3 Å². The Morgan fingerprint density at radius 3 is 3.00 bits per heavy atom. The van der Waals surface area contributed by atoms with E-state index in [-0.39, 0.29) is 11.8 Å². The zero-order valence-electron chi connectivity index (χ0n) is 6.38. The normalized spacial score (nSPS) is 20.3. The molecular formula is C8H9FN2O. The van der Waals surface area contributed by atoms with Gasteiger partial charge in [-0.25, -0.2) is 4.39 Å². The van der Waals surface area contributed by atoms with Crippen molar-refractivity contribution < 1.29 is 9.13 Å². The molecule has 0 spiro atoms. The highest BCUT2D eigenvalue weighted by Crippen LogP contribution is 2.34. The predicted octanol–water partition coefficient (Wildman–Crippen LogP) is 0.800. The molecule has 1 aromatic carbocycles. The van der Waals surface area contributed by atoms with E-state index in [4.69, 9.17) is 16.2 Å². The van der Waals surface area contributed by atoms with E-state index in [1.54, 1.807) is 6.07 Å². The second-order valence-electron chi connectivity index (χ2n) is 2.84. The predicted molar refractivity (Wildman–Crippen MR) is 43.2 cm³/mol. The molecule has 1 aromatic rings. The Hall–Kier alpha value is -1.29. The minimum atomic E-state index is -0.432. The minimum Gasteiger partial charge on any atom is -0.488 e. The van der Waals surface area contributed by atoms with Crippen LogP contribution in [0.2, 0.25) is 0 Å². The molecule has 3 nitrogen and oxygen atoms in total. The summed E-state index contributed by atoms with van der Waals surface area (Å²) in [5.41, 5.74) is 12.1. The summed E-state index contributed by atoms with van der Waals surface area (Å²) in [4.78, 5) is 0. The SMILES string of the molecule is Nc1cc(F)c2c(c1)C(N)CO2. The molecule has 0 aromatic heterocycles. The molecule has 0 amide bonds. The van der Waals surface area contributed by atoms with Gasteiger partial charge >= 0.3 is 0 Å². The number of nitrogens with two attached hydrogens (primary N) is 2. The van der Waals surface area contributed by atoms with E-state index in [9.17, 15) is 4.39 Å². The third-order valence-electron chi connectivity index (χ3n) is 1.90. The van der Waals surface area contributed by atoms with Crippen LogP contribution in [0.3, 0.4) is 0 Å². The monoisotopic (exact) mass is 168 g/mol. The summed E-state index contributed by atoms with van der Waals surface area (Å²) < 4.78 is 18.1. The molecule has 0 saturated carbocycles. The molecule has 1 aliphatic rings. The van der Waals surface area contributed by atoms with Crippen LogP contribution in [0.4, 0.5) is 10.1 Å². The maximum Gasteiger partial charge on any atom is 0.167 e. The highest BCUT2D eigenvalue weighted by molar-refractivity contribution is 5.51. The topological polar surface area (TPSA) is 61.3 Å². The molecule has 0 fully saturated rings. The summed E-state index contributed by atoms with van der Waals surface area (Å²) in [6.07, 6.45) is 0. The van der Waals surface area contributed by atoms with E-state index in [0.717, 1.165) is 0 Å². The van der Waals surface area contributed by atoms with Gasteiger partial charge in [0.1, 0.15) is 6.61 Å². The molecule has 0 bridgehead atoms. The first kappa shape index (κ1) is 7.36. The lowest BCUT2D eigenvalue weighted by atomic mass is 10.1. The smallest absolute Gasteiger partial charge is 0.167 e. The minimum absolute atomic E-state index is 0.247. The summed E-state index contributed by atoms with van der Waals surface area (Å²) in [5.74, 6) is -0.186. The molecule has 4 heteroatoms. The number of ether oxygens (including phenoxy) is 1. The summed E-state index contributed by atoms with van der Waals surface area (Å²) in [6, 6.07) is 2.63. The van der Waals surface area contributed by atoms with Crippen LogP contribution in [0.15, 0.2) is 12.1 Å².